The first-order valence-corrected chi connectivity index (χ1v) is 9.44. The fourth-order valence-corrected chi connectivity index (χ4v) is 3.97. The lowest BCUT2D eigenvalue weighted by molar-refractivity contribution is -0.146. The molecule has 6 nitrogen and oxygen atoms in total. The Morgan fingerprint density at radius 1 is 1.31 bits per heavy atom. The zero-order chi connectivity index (χ0) is 17.9. The highest BCUT2D eigenvalue weighted by molar-refractivity contribution is 5.81. The molecule has 2 aliphatic rings. The van der Waals surface area contributed by atoms with Crippen LogP contribution in [0.3, 0.4) is 0 Å². The third-order valence-corrected chi connectivity index (χ3v) is 5.42. The molecule has 2 aromatic rings. The minimum Gasteiger partial charge on any atom is -0.366 e. The van der Waals surface area contributed by atoms with Gasteiger partial charge in [-0.05, 0) is 25.3 Å². The highest BCUT2D eigenvalue weighted by Gasteiger charge is 2.31. The van der Waals surface area contributed by atoms with Gasteiger partial charge in [0.15, 0.2) is 0 Å². The van der Waals surface area contributed by atoms with Crippen molar-refractivity contribution in [3.8, 4) is 11.1 Å². The number of hydrogen-bond donors (Lipinski definition) is 2. The standard InChI is InChI=1S/C20H26N4O2/c1-14-3-2-4-16(11-14)17-12-22-23-19(17)15-5-8-24(9-6-15)20(25)18-13-21-7-10-26-18/h2-4,11-12,15,18,21H,5-10,13H2,1H3,(H,22,23). The third-order valence-electron chi connectivity index (χ3n) is 5.42. The van der Waals surface area contributed by atoms with E-state index in [1.165, 1.54) is 22.4 Å². The molecule has 2 aliphatic heterocycles. The van der Waals surface area contributed by atoms with Crippen molar-refractivity contribution in [1.82, 2.24) is 20.4 Å². The number of carbonyl (C=O) groups is 1. The van der Waals surface area contributed by atoms with Crippen LogP contribution in [0.1, 0.15) is 30.0 Å². The summed E-state index contributed by atoms with van der Waals surface area (Å²) in [4.78, 5) is 14.6. The minimum absolute atomic E-state index is 0.124. The molecule has 1 amide bonds. The van der Waals surface area contributed by atoms with Gasteiger partial charge in [-0.15, -0.1) is 0 Å². The number of piperidine rings is 1. The molecule has 2 N–H and O–H groups in total. The van der Waals surface area contributed by atoms with Crippen molar-refractivity contribution in [2.45, 2.75) is 31.8 Å². The van der Waals surface area contributed by atoms with Gasteiger partial charge in [0.25, 0.3) is 5.91 Å². The molecule has 0 bridgehead atoms. The molecule has 4 rings (SSSR count). The number of carbonyl (C=O) groups excluding carboxylic acids is 1. The Labute approximate surface area is 153 Å². The van der Waals surface area contributed by atoms with Crippen LogP contribution in [-0.2, 0) is 9.53 Å². The molecule has 6 heteroatoms. The number of hydrogen-bond acceptors (Lipinski definition) is 4. The Hall–Kier alpha value is -2.18. The van der Waals surface area contributed by atoms with Crippen molar-refractivity contribution >= 4 is 5.91 Å². The van der Waals surface area contributed by atoms with Crippen molar-refractivity contribution in [3.63, 3.8) is 0 Å². The van der Waals surface area contributed by atoms with Crippen molar-refractivity contribution in [1.29, 1.82) is 0 Å². The fraction of sp³-hybridized carbons (Fsp3) is 0.500. The van der Waals surface area contributed by atoms with Crippen LogP contribution in [0.15, 0.2) is 30.5 Å². The average molecular weight is 354 g/mol. The zero-order valence-corrected chi connectivity index (χ0v) is 15.2. The highest BCUT2D eigenvalue weighted by Crippen LogP contribution is 2.34. The summed E-state index contributed by atoms with van der Waals surface area (Å²) in [6.45, 7) is 5.71. The molecular formula is C20H26N4O2. The number of rotatable bonds is 3. The molecule has 1 aromatic carbocycles. The Morgan fingerprint density at radius 3 is 2.88 bits per heavy atom. The summed E-state index contributed by atoms with van der Waals surface area (Å²) in [6, 6.07) is 8.52. The van der Waals surface area contributed by atoms with E-state index in [0.29, 0.717) is 19.1 Å². The summed E-state index contributed by atoms with van der Waals surface area (Å²) >= 11 is 0. The second-order valence-corrected chi connectivity index (χ2v) is 7.23. The van der Waals surface area contributed by atoms with Crippen molar-refractivity contribution < 1.29 is 9.53 Å². The van der Waals surface area contributed by atoms with E-state index in [1.807, 2.05) is 11.1 Å². The number of nitrogens with zero attached hydrogens (tertiary/aromatic N) is 2. The van der Waals surface area contributed by atoms with E-state index >= 15 is 0 Å². The maximum atomic E-state index is 12.6. The summed E-state index contributed by atoms with van der Waals surface area (Å²) in [6.07, 6.45) is 3.50. The van der Waals surface area contributed by atoms with Crippen LogP contribution in [-0.4, -0.2) is 59.9 Å². The molecular weight excluding hydrogens is 328 g/mol. The lowest BCUT2D eigenvalue weighted by Crippen LogP contribution is -2.51. The number of nitrogens with one attached hydrogen (secondary N) is 2. The fourth-order valence-electron chi connectivity index (χ4n) is 3.97. The predicted molar refractivity (Wildman–Crippen MR) is 99.9 cm³/mol. The molecule has 1 unspecified atom stereocenters. The summed E-state index contributed by atoms with van der Waals surface area (Å²) < 4.78 is 5.61. The van der Waals surface area contributed by atoms with Crippen LogP contribution in [0.25, 0.3) is 11.1 Å². The van der Waals surface area contributed by atoms with E-state index in [1.54, 1.807) is 0 Å². The molecule has 3 heterocycles. The monoisotopic (exact) mass is 354 g/mol. The number of ether oxygens (including phenoxy) is 1. The maximum absolute atomic E-state index is 12.6. The van der Waals surface area contributed by atoms with Gasteiger partial charge < -0.3 is 15.0 Å². The van der Waals surface area contributed by atoms with Crippen molar-refractivity contribution in [2.75, 3.05) is 32.8 Å². The Balaban J connectivity index is 1.43. The number of morpholine rings is 1. The van der Waals surface area contributed by atoms with Gasteiger partial charge in [0, 0.05) is 43.4 Å². The number of aromatic nitrogens is 2. The summed E-state index contributed by atoms with van der Waals surface area (Å²) in [5.41, 5.74) is 4.82. The van der Waals surface area contributed by atoms with Crippen LogP contribution in [0, 0.1) is 6.92 Å². The topological polar surface area (TPSA) is 70.2 Å². The van der Waals surface area contributed by atoms with Crippen LogP contribution < -0.4 is 5.32 Å². The Kier molecular flexibility index (Phi) is 5.04. The van der Waals surface area contributed by atoms with Gasteiger partial charge in [0.1, 0.15) is 6.10 Å². The first kappa shape index (κ1) is 17.2. The normalized spacial score (nSPS) is 21.7. The first-order chi connectivity index (χ1) is 12.7. The number of benzene rings is 1. The van der Waals surface area contributed by atoms with Crippen LogP contribution in [0.2, 0.25) is 0 Å². The second kappa shape index (κ2) is 7.60. The first-order valence-electron chi connectivity index (χ1n) is 9.44. The van der Waals surface area contributed by atoms with Gasteiger partial charge >= 0.3 is 0 Å². The molecule has 2 saturated heterocycles. The van der Waals surface area contributed by atoms with Crippen LogP contribution in [0.4, 0.5) is 0 Å². The number of likely N-dealkylation sites (tertiary alicyclic amines) is 1. The smallest absolute Gasteiger partial charge is 0.253 e. The number of amides is 1. The van der Waals surface area contributed by atoms with Gasteiger partial charge in [-0.25, -0.2) is 0 Å². The van der Waals surface area contributed by atoms with E-state index in [2.05, 4.69) is 46.7 Å². The Bertz CT molecular complexity index is 759. The molecule has 0 saturated carbocycles. The molecule has 0 spiro atoms. The number of H-pyrrole nitrogens is 1. The van der Waals surface area contributed by atoms with E-state index in [9.17, 15) is 4.79 Å². The Morgan fingerprint density at radius 2 is 2.15 bits per heavy atom. The zero-order valence-electron chi connectivity index (χ0n) is 15.2. The van der Waals surface area contributed by atoms with E-state index < -0.39 is 0 Å². The molecule has 1 aromatic heterocycles. The second-order valence-electron chi connectivity index (χ2n) is 7.23. The molecule has 0 radical (unpaired) electrons. The van der Waals surface area contributed by atoms with Gasteiger partial charge in [0.05, 0.1) is 12.8 Å². The molecule has 2 fully saturated rings. The van der Waals surface area contributed by atoms with Gasteiger partial charge in [-0.2, -0.15) is 5.10 Å². The van der Waals surface area contributed by atoms with Gasteiger partial charge in [0.2, 0.25) is 0 Å². The van der Waals surface area contributed by atoms with Gasteiger partial charge in [-0.3, -0.25) is 9.89 Å². The van der Waals surface area contributed by atoms with Crippen LogP contribution >= 0.6 is 0 Å². The SMILES string of the molecule is Cc1cccc(-c2cn[nH]c2C2CCN(C(=O)C3CNCCO3)CC2)c1. The van der Waals surface area contributed by atoms with Crippen molar-refractivity contribution in [3.05, 3.63) is 41.7 Å². The molecule has 1 atom stereocenters. The summed E-state index contributed by atoms with van der Waals surface area (Å²) in [7, 11) is 0. The summed E-state index contributed by atoms with van der Waals surface area (Å²) in [5.74, 6) is 0.529. The molecule has 26 heavy (non-hydrogen) atoms. The van der Waals surface area contributed by atoms with E-state index in [4.69, 9.17) is 4.74 Å². The number of aromatic amines is 1. The van der Waals surface area contributed by atoms with E-state index in [-0.39, 0.29) is 12.0 Å². The largest absolute Gasteiger partial charge is 0.366 e. The maximum Gasteiger partial charge on any atom is 0.253 e. The van der Waals surface area contributed by atoms with Gasteiger partial charge in [-0.1, -0.05) is 29.8 Å². The van der Waals surface area contributed by atoms with Crippen molar-refractivity contribution in [2.24, 2.45) is 0 Å². The summed E-state index contributed by atoms with van der Waals surface area (Å²) in [5, 5.41) is 10.7. The number of aryl methyl sites for hydroxylation is 1. The predicted octanol–water partition coefficient (Wildman–Crippen LogP) is 2.08. The molecule has 0 aliphatic carbocycles. The molecule has 138 valence electrons. The van der Waals surface area contributed by atoms with Crippen LogP contribution in [0.5, 0.6) is 0 Å². The minimum atomic E-state index is -0.324. The lowest BCUT2D eigenvalue weighted by atomic mass is 9.89. The van der Waals surface area contributed by atoms with E-state index in [0.717, 1.165) is 32.5 Å². The lowest BCUT2D eigenvalue weighted by Gasteiger charge is -2.35. The highest BCUT2D eigenvalue weighted by atomic mass is 16.5. The third kappa shape index (κ3) is 3.52. The quantitative estimate of drug-likeness (QED) is 0.885. The average Bonchev–Trinajstić information content (AvgIpc) is 3.18.